The van der Waals surface area contributed by atoms with Crippen molar-refractivity contribution in [3.05, 3.63) is 48.1 Å². The van der Waals surface area contributed by atoms with Crippen molar-refractivity contribution in [2.24, 2.45) is 0 Å². The molecule has 0 unspecified atom stereocenters. The van der Waals surface area contributed by atoms with E-state index in [9.17, 15) is 4.79 Å². The molecule has 0 N–H and O–H groups in total. The lowest BCUT2D eigenvalue weighted by Crippen LogP contribution is -2.39. The lowest BCUT2D eigenvalue weighted by atomic mass is 10.1. The highest BCUT2D eigenvalue weighted by Gasteiger charge is 2.30. The van der Waals surface area contributed by atoms with Gasteiger partial charge in [0.1, 0.15) is 18.1 Å². The van der Waals surface area contributed by atoms with E-state index in [4.69, 9.17) is 14.2 Å². The molecule has 0 saturated heterocycles. The van der Waals surface area contributed by atoms with Gasteiger partial charge in [-0.25, -0.2) is 4.79 Å². The molecule has 4 heteroatoms. The van der Waals surface area contributed by atoms with Crippen LogP contribution in [0.4, 0.5) is 0 Å². The molecule has 2 rings (SSSR count). The first-order chi connectivity index (χ1) is 12.0. The summed E-state index contributed by atoms with van der Waals surface area (Å²) >= 11 is 0. The molecule has 1 aliphatic rings. The van der Waals surface area contributed by atoms with Crippen LogP contribution in [0.25, 0.3) is 0 Å². The topological polar surface area (TPSA) is 44.8 Å². The van der Waals surface area contributed by atoms with Crippen LogP contribution in [0.3, 0.4) is 0 Å². The molecule has 0 bridgehead atoms. The Bertz CT molecular complexity index is 582. The average molecular weight is 346 g/mol. The normalized spacial score (nSPS) is 13.7. The zero-order valence-corrected chi connectivity index (χ0v) is 16.0. The van der Waals surface area contributed by atoms with E-state index in [-0.39, 0.29) is 0 Å². The summed E-state index contributed by atoms with van der Waals surface area (Å²) in [5.41, 5.74) is 0.183. The maximum absolute atomic E-state index is 11.6. The highest BCUT2D eigenvalue weighted by atomic mass is 16.6. The first-order valence-corrected chi connectivity index (χ1v) is 8.87. The Labute approximate surface area is 151 Å². The molecule has 0 atom stereocenters. The standard InChI is InChI=1S/C19H24O4.C2H6/c1-19(2,18(20)21-3)23-17-12-10-16(11-13-17)22-14-15-8-6-4-5-7-9-15;1-2/h6,8-13H,4-5,7,14H2,1-3H3;1-2H3. The van der Waals surface area contributed by atoms with Crippen molar-refractivity contribution in [3.63, 3.8) is 0 Å². The number of rotatable bonds is 6. The Hall–Kier alpha value is -2.23. The molecule has 0 fully saturated rings. The molecule has 0 spiro atoms. The van der Waals surface area contributed by atoms with Crippen LogP contribution in [0.2, 0.25) is 0 Å². The lowest BCUT2D eigenvalue weighted by molar-refractivity contribution is -0.156. The Morgan fingerprint density at radius 2 is 1.72 bits per heavy atom. The molecular formula is C21H30O4. The summed E-state index contributed by atoms with van der Waals surface area (Å²) in [5, 5.41) is 0. The molecule has 0 radical (unpaired) electrons. The molecule has 0 heterocycles. The van der Waals surface area contributed by atoms with Gasteiger partial charge in [0.15, 0.2) is 5.60 Å². The van der Waals surface area contributed by atoms with Gasteiger partial charge in [0.05, 0.1) is 7.11 Å². The maximum atomic E-state index is 11.6. The van der Waals surface area contributed by atoms with Crippen molar-refractivity contribution < 1.29 is 19.0 Å². The first kappa shape index (κ1) is 20.8. The van der Waals surface area contributed by atoms with Gasteiger partial charge in [-0.3, -0.25) is 0 Å². The monoisotopic (exact) mass is 346 g/mol. The number of hydrogen-bond donors (Lipinski definition) is 0. The smallest absolute Gasteiger partial charge is 0.349 e. The minimum atomic E-state index is -1.02. The van der Waals surface area contributed by atoms with Crippen molar-refractivity contribution in [2.75, 3.05) is 13.7 Å². The van der Waals surface area contributed by atoms with E-state index >= 15 is 0 Å². The van der Waals surface area contributed by atoms with Gasteiger partial charge in [0.2, 0.25) is 0 Å². The van der Waals surface area contributed by atoms with Gasteiger partial charge in [-0.2, -0.15) is 0 Å². The molecule has 0 aliphatic heterocycles. The molecule has 0 amide bonds. The molecule has 1 aliphatic carbocycles. The Kier molecular flexibility index (Phi) is 8.82. The molecule has 1 aromatic rings. The zero-order chi connectivity index (χ0) is 18.7. The summed E-state index contributed by atoms with van der Waals surface area (Å²) in [7, 11) is 1.35. The zero-order valence-electron chi connectivity index (χ0n) is 16.0. The van der Waals surface area contributed by atoms with Crippen LogP contribution in [0.5, 0.6) is 11.5 Å². The first-order valence-electron chi connectivity index (χ1n) is 8.87. The van der Waals surface area contributed by atoms with E-state index in [1.54, 1.807) is 26.0 Å². The minimum Gasteiger partial charge on any atom is -0.489 e. The number of hydrogen-bond acceptors (Lipinski definition) is 4. The third kappa shape index (κ3) is 7.04. The number of ether oxygens (including phenoxy) is 3. The Balaban J connectivity index is 0.00000151. The second-order valence-corrected chi connectivity index (χ2v) is 5.98. The Morgan fingerprint density at radius 1 is 1.08 bits per heavy atom. The summed E-state index contributed by atoms with van der Waals surface area (Å²) in [5.74, 6) is 0.956. The summed E-state index contributed by atoms with van der Waals surface area (Å²) in [6.45, 7) is 7.91. The quantitative estimate of drug-likeness (QED) is 0.673. The van der Waals surface area contributed by atoms with Gasteiger partial charge in [0.25, 0.3) is 0 Å². The molecule has 0 aromatic heterocycles. The number of esters is 1. The van der Waals surface area contributed by atoms with Crippen molar-refractivity contribution in [3.8, 4) is 11.5 Å². The fourth-order valence-corrected chi connectivity index (χ4v) is 2.29. The third-order valence-corrected chi connectivity index (χ3v) is 3.59. The van der Waals surface area contributed by atoms with Gasteiger partial charge in [-0.1, -0.05) is 32.1 Å². The summed E-state index contributed by atoms with van der Waals surface area (Å²) < 4.78 is 16.2. The second kappa shape index (κ2) is 10.6. The van der Waals surface area contributed by atoms with Crippen LogP contribution in [-0.2, 0) is 9.53 Å². The summed E-state index contributed by atoms with van der Waals surface area (Å²) in [6.07, 6.45) is 9.96. The van der Waals surface area contributed by atoms with E-state index < -0.39 is 11.6 Å². The highest BCUT2D eigenvalue weighted by Crippen LogP contribution is 2.23. The van der Waals surface area contributed by atoms with E-state index in [1.807, 2.05) is 26.0 Å². The van der Waals surface area contributed by atoms with Crippen molar-refractivity contribution in [1.82, 2.24) is 0 Å². The minimum absolute atomic E-state index is 0.412. The fraction of sp³-hybridized carbons (Fsp3) is 0.476. The molecule has 25 heavy (non-hydrogen) atoms. The van der Waals surface area contributed by atoms with Gasteiger partial charge in [0, 0.05) is 0 Å². The molecular weight excluding hydrogens is 316 g/mol. The number of methoxy groups -OCH3 is 1. The molecule has 0 saturated carbocycles. The van der Waals surface area contributed by atoms with E-state index in [0.29, 0.717) is 12.4 Å². The number of carbonyl (C=O) groups excluding carboxylic acids is 1. The number of allylic oxidation sites excluding steroid dienone is 2. The second-order valence-electron chi connectivity index (χ2n) is 5.98. The summed E-state index contributed by atoms with van der Waals surface area (Å²) in [4.78, 5) is 11.6. The Morgan fingerprint density at radius 3 is 2.36 bits per heavy atom. The van der Waals surface area contributed by atoms with Crippen LogP contribution < -0.4 is 9.47 Å². The highest BCUT2D eigenvalue weighted by molar-refractivity contribution is 5.78. The van der Waals surface area contributed by atoms with E-state index in [2.05, 4.69) is 18.2 Å². The van der Waals surface area contributed by atoms with Crippen LogP contribution in [0.1, 0.15) is 47.0 Å². The van der Waals surface area contributed by atoms with Crippen LogP contribution in [0, 0.1) is 0 Å². The predicted octanol–water partition coefficient (Wildman–Crippen LogP) is 5.09. The van der Waals surface area contributed by atoms with Gasteiger partial charge >= 0.3 is 5.97 Å². The van der Waals surface area contributed by atoms with Crippen LogP contribution in [0.15, 0.2) is 48.1 Å². The van der Waals surface area contributed by atoms with E-state index in [1.165, 1.54) is 19.1 Å². The van der Waals surface area contributed by atoms with Gasteiger partial charge in [-0.05, 0) is 62.9 Å². The van der Waals surface area contributed by atoms with Crippen molar-refractivity contribution >= 4 is 5.97 Å². The fourth-order valence-electron chi connectivity index (χ4n) is 2.29. The number of benzene rings is 1. The van der Waals surface area contributed by atoms with Gasteiger partial charge < -0.3 is 14.2 Å². The summed E-state index contributed by atoms with van der Waals surface area (Å²) in [6, 6.07) is 7.25. The average Bonchev–Trinajstić information content (AvgIpc) is 2.90. The van der Waals surface area contributed by atoms with Gasteiger partial charge in [-0.15, -0.1) is 0 Å². The SMILES string of the molecule is CC.COC(=O)C(C)(C)Oc1ccc(OCC2=CCCCC=C2)cc1. The predicted molar refractivity (Wildman–Crippen MR) is 101 cm³/mol. The maximum Gasteiger partial charge on any atom is 0.349 e. The molecule has 4 nitrogen and oxygen atoms in total. The van der Waals surface area contributed by atoms with Crippen molar-refractivity contribution in [1.29, 1.82) is 0 Å². The van der Waals surface area contributed by atoms with Crippen molar-refractivity contribution in [2.45, 2.75) is 52.6 Å². The molecule has 1 aromatic carbocycles. The third-order valence-electron chi connectivity index (χ3n) is 3.59. The van der Waals surface area contributed by atoms with Crippen LogP contribution >= 0.6 is 0 Å². The lowest BCUT2D eigenvalue weighted by Gasteiger charge is -2.23. The molecule has 138 valence electrons. The van der Waals surface area contributed by atoms with Crippen LogP contribution in [-0.4, -0.2) is 25.3 Å². The van der Waals surface area contributed by atoms with E-state index in [0.717, 1.165) is 18.6 Å². The number of carbonyl (C=O) groups is 1. The largest absolute Gasteiger partial charge is 0.489 e.